The molecule has 130 valence electrons. The maximum atomic E-state index is 11.8. The summed E-state index contributed by atoms with van der Waals surface area (Å²) in [6, 6.07) is 9.73. The van der Waals surface area contributed by atoms with Crippen LogP contribution in [0.15, 0.2) is 50.8 Å². The predicted molar refractivity (Wildman–Crippen MR) is 99.8 cm³/mol. The van der Waals surface area contributed by atoms with Crippen LogP contribution < -0.4 is 10.6 Å². The molecule has 0 fully saturated rings. The highest BCUT2D eigenvalue weighted by Gasteiger charge is 2.21. The number of aromatic hydroxyl groups is 1. The Labute approximate surface area is 158 Å². The topological polar surface area (TPSA) is 115 Å². The van der Waals surface area contributed by atoms with Crippen molar-refractivity contribution in [3.63, 3.8) is 0 Å². The molecule has 0 spiro atoms. The molecule has 0 radical (unpaired) electrons. The number of hydrogen-bond donors (Lipinski definition) is 3. The van der Waals surface area contributed by atoms with E-state index in [1.54, 1.807) is 30.5 Å². The first kappa shape index (κ1) is 19.1. The zero-order valence-electron chi connectivity index (χ0n) is 12.8. The van der Waals surface area contributed by atoms with E-state index in [4.69, 9.17) is 16.9 Å². The Kier molecular flexibility index (Phi) is 5.89. The number of nitrogens with one attached hydrogen (secondary N) is 2. The molecular weight excluding hydrogens is 432 g/mol. The van der Waals surface area contributed by atoms with Crippen LogP contribution in [0.3, 0.4) is 0 Å². The van der Waals surface area contributed by atoms with Crippen LogP contribution in [0.2, 0.25) is 5.02 Å². The number of nitrogens with zero attached hydrogens (tertiary/aromatic N) is 2. The summed E-state index contributed by atoms with van der Waals surface area (Å²) in [6.45, 7) is 0. The summed E-state index contributed by atoms with van der Waals surface area (Å²) in [7, 11) is -3.76. The molecule has 0 aliphatic rings. The third-order valence-corrected chi connectivity index (χ3v) is 5.22. The van der Waals surface area contributed by atoms with Crippen molar-refractivity contribution in [3.8, 4) is 11.9 Å². The first-order valence-corrected chi connectivity index (χ1v) is 9.77. The van der Waals surface area contributed by atoms with Gasteiger partial charge < -0.3 is 10.4 Å². The summed E-state index contributed by atoms with van der Waals surface area (Å²) in [5.74, 6) is -0.568. The average molecular weight is 444 g/mol. The van der Waals surface area contributed by atoms with Crippen LogP contribution in [0.25, 0.3) is 0 Å². The fraction of sp³-hybridized carbons (Fsp3) is 0.0667. The molecule has 3 N–H and O–H groups in total. The molecule has 0 unspecified atom stereocenters. The van der Waals surface area contributed by atoms with Crippen LogP contribution in [-0.4, -0.2) is 25.7 Å². The molecule has 2 rings (SSSR count). The fourth-order valence-corrected chi connectivity index (χ4v) is 3.76. The van der Waals surface area contributed by atoms with Gasteiger partial charge in [-0.25, -0.2) is 13.4 Å². The van der Waals surface area contributed by atoms with Gasteiger partial charge in [0.2, 0.25) is 5.96 Å². The Morgan fingerprint density at radius 1 is 1.32 bits per heavy atom. The van der Waals surface area contributed by atoms with Gasteiger partial charge in [-0.1, -0.05) is 23.7 Å². The number of anilines is 1. The third-order valence-electron chi connectivity index (χ3n) is 2.97. The maximum absolute atomic E-state index is 11.8. The van der Waals surface area contributed by atoms with Crippen molar-refractivity contribution in [1.82, 2.24) is 5.32 Å². The Balaban J connectivity index is 2.49. The molecule has 0 bridgehead atoms. The van der Waals surface area contributed by atoms with Crippen molar-refractivity contribution in [2.45, 2.75) is 4.90 Å². The van der Waals surface area contributed by atoms with Crippen LogP contribution in [0.1, 0.15) is 0 Å². The average Bonchev–Trinajstić information content (AvgIpc) is 2.51. The van der Waals surface area contributed by atoms with Gasteiger partial charge >= 0.3 is 0 Å². The van der Waals surface area contributed by atoms with Crippen molar-refractivity contribution in [2.75, 3.05) is 11.6 Å². The molecule has 10 heteroatoms. The van der Waals surface area contributed by atoms with Gasteiger partial charge in [0.15, 0.2) is 21.8 Å². The van der Waals surface area contributed by atoms with Crippen LogP contribution in [0, 0.1) is 11.5 Å². The van der Waals surface area contributed by atoms with E-state index < -0.39 is 20.5 Å². The van der Waals surface area contributed by atoms with Crippen molar-refractivity contribution >= 4 is 54.7 Å². The van der Waals surface area contributed by atoms with Gasteiger partial charge in [-0.3, -0.25) is 5.32 Å². The Hall–Kier alpha value is -2.28. The van der Waals surface area contributed by atoms with E-state index in [0.717, 1.165) is 6.26 Å². The molecular formula is C15H12BrClN4O3S. The van der Waals surface area contributed by atoms with E-state index in [2.05, 4.69) is 31.6 Å². The van der Waals surface area contributed by atoms with E-state index in [0.29, 0.717) is 10.2 Å². The van der Waals surface area contributed by atoms with Crippen molar-refractivity contribution in [2.24, 2.45) is 4.99 Å². The van der Waals surface area contributed by atoms with E-state index in [9.17, 15) is 13.5 Å². The molecule has 0 saturated carbocycles. The number of aliphatic imine (C=N–C) groups is 1. The molecule has 7 nitrogen and oxygen atoms in total. The number of sulfone groups is 1. The van der Waals surface area contributed by atoms with E-state index in [1.165, 1.54) is 12.1 Å². The van der Waals surface area contributed by atoms with Crippen LogP contribution >= 0.6 is 27.5 Å². The smallest absolute Gasteiger partial charge is 0.214 e. The molecule has 0 aliphatic carbocycles. The molecule has 0 atom stereocenters. The second-order valence-corrected chi connectivity index (χ2v) is 8.03. The number of rotatable bonds is 3. The second-order valence-electron chi connectivity index (χ2n) is 4.82. The largest absolute Gasteiger partial charge is 0.504 e. The lowest BCUT2D eigenvalue weighted by atomic mass is 10.3. The lowest BCUT2D eigenvalue weighted by Gasteiger charge is -2.13. The predicted octanol–water partition coefficient (Wildman–Crippen LogP) is 3.38. The maximum Gasteiger partial charge on any atom is 0.214 e. The van der Waals surface area contributed by atoms with E-state index >= 15 is 0 Å². The second kappa shape index (κ2) is 7.74. The highest BCUT2D eigenvalue weighted by Crippen LogP contribution is 2.36. The van der Waals surface area contributed by atoms with Gasteiger partial charge in [-0.05, 0) is 40.2 Å². The minimum Gasteiger partial charge on any atom is -0.504 e. The van der Waals surface area contributed by atoms with Crippen molar-refractivity contribution in [3.05, 3.63) is 45.9 Å². The first-order valence-electron chi connectivity index (χ1n) is 6.71. The quantitative estimate of drug-likeness (QED) is 0.220. The van der Waals surface area contributed by atoms with Crippen LogP contribution in [0.5, 0.6) is 5.75 Å². The zero-order chi connectivity index (χ0) is 18.6. The number of halogens is 2. The fourth-order valence-electron chi connectivity index (χ4n) is 1.93. The van der Waals surface area contributed by atoms with Crippen LogP contribution in [-0.2, 0) is 9.84 Å². The molecule has 25 heavy (non-hydrogen) atoms. The lowest BCUT2D eigenvalue weighted by molar-refractivity contribution is 0.462. The third kappa shape index (κ3) is 4.63. The first-order chi connectivity index (χ1) is 11.7. The van der Waals surface area contributed by atoms with Crippen molar-refractivity contribution in [1.29, 1.82) is 5.26 Å². The van der Waals surface area contributed by atoms with E-state index in [-0.39, 0.29) is 16.7 Å². The number of phenols is 1. The SMILES string of the molecule is CS(=O)(=O)c1c(Cl)ccc(NC(=Nc2ccccc2Br)NC#N)c1O. The minimum atomic E-state index is -3.76. The Morgan fingerprint density at radius 3 is 2.60 bits per heavy atom. The number of phenolic OH excluding ortho intramolecular Hbond substituents is 1. The molecule has 0 aliphatic heterocycles. The summed E-state index contributed by atoms with van der Waals surface area (Å²) >= 11 is 9.19. The van der Waals surface area contributed by atoms with Gasteiger partial charge in [0, 0.05) is 10.7 Å². The highest BCUT2D eigenvalue weighted by atomic mass is 79.9. The summed E-state index contributed by atoms with van der Waals surface area (Å²) in [5, 5.41) is 24.0. The monoisotopic (exact) mass is 442 g/mol. The van der Waals surface area contributed by atoms with Gasteiger partial charge in [-0.2, -0.15) is 5.26 Å². The molecule has 2 aromatic carbocycles. The zero-order valence-corrected chi connectivity index (χ0v) is 15.9. The number of para-hydroxylation sites is 1. The van der Waals surface area contributed by atoms with Crippen LogP contribution in [0.4, 0.5) is 11.4 Å². The normalized spacial score (nSPS) is 11.7. The van der Waals surface area contributed by atoms with Gasteiger partial charge in [0.1, 0.15) is 4.90 Å². The molecule has 0 heterocycles. The number of benzene rings is 2. The minimum absolute atomic E-state index is 0.00789. The molecule has 0 aromatic heterocycles. The number of hydrogen-bond acceptors (Lipinski definition) is 5. The van der Waals surface area contributed by atoms with E-state index in [1.807, 2.05) is 0 Å². The van der Waals surface area contributed by atoms with Gasteiger partial charge in [-0.15, -0.1) is 0 Å². The highest BCUT2D eigenvalue weighted by molar-refractivity contribution is 9.10. The Bertz CT molecular complexity index is 987. The lowest BCUT2D eigenvalue weighted by Crippen LogP contribution is -2.26. The van der Waals surface area contributed by atoms with Gasteiger partial charge in [0.05, 0.1) is 16.4 Å². The standard InChI is InChI=1S/C15H12BrClN4O3S/c1-25(23,24)14-10(17)6-7-12(13(14)22)21-15(19-8-18)20-11-5-3-2-4-9(11)16/h2-7,22H,1H3,(H2,19,20,21). The number of guanidine groups is 1. The molecule has 2 aromatic rings. The summed E-state index contributed by atoms with van der Waals surface area (Å²) in [4.78, 5) is 3.82. The Morgan fingerprint density at radius 2 is 2.00 bits per heavy atom. The molecule has 0 amide bonds. The summed E-state index contributed by atoms with van der Waals surface area (Å²) in [6.07, 6.45) is 2.65. The summed E-state index contributed by atoms with van der Waals surface area (Å²) in [5.41, 5.74) is 0.544. The van der Waals surface area contributed by atoms with Crippen molar-refractivity contribution < 1.29 is 13.5 Å². The molecule has 0 saturated heterocycles. The number of nitriles is 1. The summed E-state index contributed by atoms with van der Waals surface area (Å²) < 4.78 is 24.3. The van der Waals surface area contributed by atoms with Gasteiger partial charge in [0.25, 0.3) is 0 Å².